The first kappa shape index (κ1) is 15.7. The molecule has 0 spiro atoms. The molecule has 1 N–H and O–H groups in total. The van der Waals surface area contributed by atoms with Gasteiger partial charge >= 0.3 is 0 Å². The molecule has 2 rings (SSSR count). The second-order valence-corrected chi connectivity index (χ2v) is 6.62. The number of anilines is 1. The lowest BCUT2D eigenvalue weighted by Gasteiger charge is -2.12. The Balaban J connectivity index is 2.58. The summed E-state index contributed by atoms with van der Waals surface area (Å²) in [6.45, 7) is 9.12. The van der Waals surface area contributed by atoms with Crippen molar-refractivity contribution in [1.29, 1.82) is 0 Å². The zero-order chi connectivity index (χ0) is 14.9. The van der Waals surface area contributed by atoms with Crippen molar-refractivity contribution in [3.63, 3.8) is 0 Å². The number of hydrogen-bond donors (Lipinski definition) is 1. The smallest absolute Gasteiger partial charge is 0.161 e. The minimum absolute atomic E-state index is 0.776. The lowest BCUT2D eigenvalue weighted by Crippen LogP contribution is -2.06. The van der Waals surface area contributed by atoms with Crippen molar-refractivity contribution in [3.8, 4) is 11.4 Å². The maximum atomic E-state index is 4.66. The highest BCUT2D eigenvalue weighted by molar-refractivity contribution is 14.1. The van der Waals surface area contributed by atoms with Gasteiger partial charge in [0.15, 0.2) is 5.82 Å². The van der Waals surface area contributed by atoms with E-state index in [0.29, 0.717) is 0 Å². The van der Waals surface area contributed by atoms with Gasteiger partial charge in [0.1, 0.15) is 5.82 Å². The minimum atomic E-state index is 0.776. The molecular weight excluding hydrogens is 429 g/mol. The summed E-state index contributed by atoms with van der Waals surface area (Å²) < 4.78 is 2.23. The Morgan fingerprint density at radius 3 is 2.30 bits per heavy atom. The Morgan fingerprint density at radius 1 is 1.15 bits per heavy atom. The number of nitrogens with one attached hydrogen (secondary N) is 1. The number of nitrogens with zero attached hydrogens (tertiary/aromatic N) is 2. The molecule has 0 saturated carbocycles. The van der Waals surface area contributed by atoms with Crippen LogP contribution in [0.5, 0.6) is 0 Å². The van der Waals surface area contributed by atoms with E-state index in [4.69, 9.17) is 0 Å². The van der Waals surface area contributed by atoms with Crippen LogP contribution in [-0.2, 0) is 0 Å². The van der Waals surface area contributed by atoms with Crippen LogP contribution in [0.1, 0.15) is 23.7 Å². The molecule has 0 aliphatic heterocycles. The number of aromatic nitrogens is 2. The van der Waals surface area contributed by atoms with E-state index in [1.165, 1.54) is 11.1 Å². The zero-order valence-corrected chi connectivity index (χ0v) is 15.8. The highest BCUT2D eigenvalue weighted by Gasteiger charge is 2.12. The lowest BCUT2D eigenvalue weighted by molar-refractivity contribution is 1.06. The Hall–Kier alpha value is -0.690. The normalized spacial score (nSPS) is 10.7. The van der Waals surface area contributed by atoms with Crippen LogP contribution in [0.3, 0.4) is 0 Å². The fraction of sp³-hybridized carbons (Fsp3) is 0.333. The van der Waals surface area contributed by atoms with E-state index in [1.807, 2.05) is 6.92 Å². The van der Waals surface area contributed by atoms with Gasteiger partial charge in [0, 0.05) is 16.6 Å². The number of halogens is 2. The molecule has 0 bridgehead atoms. The van der Waals surface area contributed by atoms with Gasteiger partial charge in [0.25, 0.3) is 0 Å². The number of hydrogen-bond acceptors (Lipinski definition) is 3. The summed E-state index contributed by atoms with van der Waals surface area (Å²) in [6, 6.07) is 4.24. The molecule has 20 heavy (non-hydrogen) atoms. The van der Waals surface area contributed by atoms with Crippen LogP contribution in [0.4, 0.5) is 5.82 Å². The number of benzene rings is 1. The molecule has 0 aliphatic carbocycles. The van der Waals surface area contributed by atoms with Gasteiger partial charge in [-0.15, -0.1) is 0 Å². The second kappa shape index (κ2) is 6.39. The fourth-order valence-corrected chi connectivity index (χ4v) is 2.71. The maximum Gasteiger partial charge on any atom is 0.161 e. The molecule has 1 aromatic carbocycles. The van der Waals surface area contributed by atoms with Crippen molar-refractivity contribution in [1.82, 2.24) is 9.97 Å². The average molecular weight is 446 g/mol. The summed E-state index contributed by atoms with van der Waals surface area (Å²) in [7, 11) is 0. The van der Waals surface area contributed by atoms with Gasteiger partial charge in [-0.25, -0.2) is 9.97 Å². The molecule has 1 aromatic heterocycles. The molecule has 2 aromatic rings. The molecule has 0 unspecified atom stereocenters. The summed E-state index contributed by atoms with van der Waals surface area (Å²) >= 11 is 5.88. The number of aryl methyl sites for hydroxylation is 3. The SMILES string of the molecule is CCNc1nc(-c2cc(C)c(Br)c(C)c2)nc(C)c1I. The van der Waals surface area contributed by atoms with Crippen molar-refractivity contribution < 1.29 is 0 Å². The monoisotopic (exact) mass is 445 g/mol. The highest BCUT2D eigenvalue weighted by atomic mass is 127. The summed E-state index contributed by atoms with van der Waals surface area (Å²) in [6.07, 6.45) is 0. The van der Waals surface area contributed by atoms with Crippen LogP contribution < -0.4 is 5.32 Å². The molecule has 1 heterocycles. The van der Waals surface area contributed by atoms with E-state index in [2.05, 4.69) is 86.7 Å². The molecule has 0 radical (unpaired) electrons. The quantitative estimate of drug-likeness (QED) is 0.685. The van der Waals surface area contributed by atoms with Crippen LogP contribution in [0, 0.1) is 24.3 Å². The summed E-state index contributed by atoms with van der Waals surface area (Å²) in [4.78, 5) is 9.28. The fourth-order valence-electron chi connectivity index (χ4n) is 2.05. The van der Waals surface area contributed by atoms with E-state index in [-0.39, 0.29) is 0 Å². The van der Waals surface area contributed by atoms with E-state index in [9.17, 15) is 0 Å². The molecule has 0 aliphatic rings. The predicted molar refractivity (Wildman–Crippen MR) is 96.3 cm³/mol. The summed E-state index contributed by atoms with van der Waals surface area (Å²) in [5, 5.41) is 3.30. The first-order valence-electron chi connectivity index (χ1n) is 6.49. The average Bonchev–Trinajstić information content (AvgIpc) is 2.40. The molecule has 0 fully saturated rings. The Morgan fingerprint density at radius 2 is 1.75 bits per heavy atom. The van der Waals surface area contributed by atoms with Crippen LogP contribution in [0.2, 0.25) is 0 Å². The highest BCUT2D eigenvalue weighted by Crippen LogP contribution is 2.29. The van der Waals surface area contributed by atoms with Crippen LogP contribution >= 0.6 is 38.5 Å². The molecular formula is C15H17BrIN3. The van der Waals surface area contributed by atoms with Gasteiger partial charge in [-0.1, -0.05) is 15.9 Å². The van der Waals surface area contributed by atoms with E-state index < -0.39 is 0 Å². The third-order valence-electron chi connectivity index (χ3n) is 3.06. The van der Waals surface area contributed by atoms with Gasteiger partial charge in [-0.2, -0.15) is 0 Å². The predicted octanol–water partition coefficient (Wildman–Crippen LogP) is 4.87. The minimum Gasteiger partial charge on any atom is -0.369 e. The molecule has 106 valence electrons. The first-order valence-corrected chi connectivity index (χ1v) is 8.36. The van der Waals surface area contributed by atoms with E-state index in [1.54, 1.807) is 0 Å². The van der Waals surface area contributed by atoms with Crippen molar-refractivity contribution in [2.24, 2.45) is 0 Å². The molecule has 0 atom stereocenters. The van der Waals surface area contributed by atoms with E-state index in [0.717, 1.165) is 37.5 Å². The maximum absolute atomic E-state index is 4.66. The molecule has 0 amide bonds. The lowest BCUT2D eigenvalue weighted by atomic mass is 10.1. The molecule has 5 heteroatoms. The molecule has 3 nitrogen and oxygen atoms in total. The topological polar surface area (TPSA) is 37.8 Å². The van der Waals surface area contributed by atoms with Gasteiger partial charge < -0.3 is 5.32 Å². The van der Waals surface area contributed by atoms with E-state index >= 15 is 0 Å². The van der Waals surface area contributed by atoms with Crippen molar-refractivity contribution in [2.75, 3.05) is 11.9 Å². The summed E-state index contributed by atoms with van der Waals surface area (Å²) in [5.41, 5.74) is 4.46. The van der Waals surface area contributed by atoms with Crippen LogP contribution in [0.25, 0.3) is 11.4 Å². The third kappa shape index (κ3) is 3.14. The second-order valence-electron chi connectivity index (χ2n) is 4.75. The van der Waals surface area contributed by atoms with Gasteiger partial charge in [-0.05, 0) is 73.5 Å². The van der Waals surface area contributed by atoms with Crippen LogP contribution in [-0.4, -0.2) is 16.5 Å². The summed E-state index contributed by atoms with van der Waals surface area (Å²) in [5.74, 6) is 1.69. The van der Waals surface area contributed by atoms with Gasteiger partial charge in [0.2, 0.25) is 0 Å². The first-order chi connectivity index (χ1) is 9.43. The largest absolute Gasteiger partial charge is 0.369 e. The van der Waals surface area contributed by atoms with Crippen molar-refractivity contribution >= 4 is 44.3 Å². The Bertz CT molecular complexity index is 633. The molecule has 0 saturated heterocycles. The van der Waals surface area contributed by atoms with Crippen molar-refractivity contribution in [2.45, 2.75) is 27.7 Å². The number of rotatable bonds is 3. The zero-order valence-electron chi connectivity index (χ0n) is 12.0. The Labute approximate surface area is 141 Å². The third-order valence-corrected chi connectivity index (χ3v) is 5.60. The Kier molecular flexibility index (Phi) is 5.01. The van der Waals surface area contributed by atoms with Gasteiger partial charge in [-0.3, -0.25) is 0 Å². The standard InChI is InChI=1S/C15H17BrIN3/c1-5-18-15-13(17)10(4)19-14(20-15)11-6-8(2)12(16)9(3)7-11/h6-7H,5H2,1-4H3,(H,18,19,20). The van der Waals surface area contributed by atoms with Crippen molar-refractivity contribution in [3.05, 3.63) is 37.0 Å². The van der Waals surface area contributed by atoms with Crippen LogP contribution in [0.15, 0.2) is 16.6 Å². The van der Waals surface area contributed by atoms with Gasteiger partial charge in [0.05, 0.1) is 9.26 Å².